The second-order valence-corrected chi connectivity index (χ2v) is 4.38. The predicted molar refractivity (Wildman–Crippen MR) is 67.9 cm³/mol. The van der Waals surface area contributed by atoms with Gasteiger partial charge in [-0.3, -0.25) is 0 Å². The lowest BCUT2D eigenvalue weighted by Crippen LogP contribution is -1.97. The quantitative estimate of drug-likeness (QED) is 0.673. The summed E-state index contributed by atoms with van der Waals surface area (Å²) in [6.07, 6.45) is 4.50. The van der Waals surface area contributed by atoms with E-state index in [9.17, 15) is 0 Å². The normalized spacial score (nSPS) is 16.9. The van der Waals surface area contributed by atoms with Crippen LogP contribution in [0, 0.1) is 6.92 Å². The van der Waals surface area contributed by atoms with Crippen molar-refractivity contribution < 1.29 is 4.74 Å². The summed E-state index contributed by atoms with van der Waals surface area (Å²) < 4.78 is 5.60. The van der Waals surface area contributed by atoms with Crippen LogP contribution >= 0.6 is 0 Å². The maximum absolute atomic E-state index is 5.60. The van der Waals surface area contributed by atoms with Crippen LogP contribution in [0.1, 0.15) is 42.7 Å². The van der Waals surface area contributed by atoms with E-state index >= 15 is 0 Å². The second kappa shape index (κ2) is 4.73. The zero-order valence-corrected chi connectivity index (χ0v) is 9.91. The first kappa shape index (κ1) is 11.3. The Balaban J connectivity index is 2.31. The van der Waals surface area contributed by atoms with Crippen molar-refractivity contribution in [1.82, 2.24) is 0 Å². The third-order valence-corrected chi connectivity index (χ3v) is 3.02. The van der Waals surface area contributed by atoms with Crippen LogP contribution < -0.4 is 4.74 Å². The van der Waals surface area contributed by atoms with Crippen LogP contribution in [-0.4, -0.2) is 6.61 Å². The molecule has 0 amide bonds. The minimum atomic E-state index is 0.151. The van der Waals surface area contributed by atoms with Crippen molar-refractivity contribution in [3.05, 3.63) is 48.9 Å². The lowest BCUT2D eigenvalue weighted by atomic mass is 9.97. The van der Waals surface area contributed by atoms with E-state index in [0.29, 0.717) is 6.61 Å². The lowest BCUT2D eigenvalue weighted by Gasteiger charge is -2.12. The van der Waals surface area contributed by atoms with Gasteiger partial charge < -0.3 is 4.74 Å². The fraction of sp³-hybridized carbons (Fsp3) is 0.400. The average Bonchev–Trinajstić information content (AvgIpc) is 3.12. The number of benzene rings is 1. The summed E-state index contributed by atoms with van der Waals surface area (Å²) in [5.74, 6) is 1.87. The molecule has 1 unspecified atom stereocenters. The van der Waals surface area contributed by atoms with Gasteiger partial charge in [0.15, 0.2) is 0 Å². The smallest absolute Gasteiger partial charge is 0.119 e. The maximum Gasteiger partial charge on any atom is 0.119 e. The predicted octanol–water partition coefficient (Wildman–Crippen LogP) is 4.07. The Hall–Kier alpha value is -1.24. The van der Waals surface area contributed by atoms with Gasteiger partial charge >= 0.3 is 0 Å². The zero-order valence-electron chi connectivity index (χ0n) is 9.91. The number of hydrogen-bond acceptors (Lipinski definition) is 1. The highest BCUT2D eigenvalue weighted by Gasteiger charge is 2.24. The first-order chi connectivity index (χ1) is 7.74. The fourth-order valence-corrected chi connectivity index (χ4v) is 1.90. The maximum atomic E-state index is 5.60. The van der Waals surface area contributed by atoms with Gasteiger partial charge in [-0.05, 0) is 55.9 Å². The van der Waals surface area contributed by atoms with E-state index in [1.165, 1.54) is 24.0 Å². The summed E-state index contributed by atoms with van der Waals surface area (Å²) in [5.41, 5.74) is 2.61. The van der Waals surface area contributed by atoms with E-state index in [4.69, 9.17) is 4.74 Å². The van der Waals surface area contributed by atoms with E-state index in [0.717, 1.165) is 11.7 Å². The summed E-state index contributed by atoms with van der Waals surface area (Å²) >= 11 is 0. The van der Waals surface area contributed by atoms with Crippen LogP contribution in [0.4, 0.5) is 0 Å². The Bertz CT molecular complexity index is 377. The molecule has 1 radical (unpaired) electrons. The summed E-state index contributed by atoms with van der Waals surface area (Å²) in [5, 5.41) is 0. The van der Waals surface area contributed by atoms with Crippen LogP contribution in [-0.2, 0) is 0 Å². The topological polar surface area (TPSA) is 9.23 Å². The average molecular weight is 215 g/mol. The molecule has 1 nitrogen and oxygen atoms in total. The number of allylic oxidation sites excluding steroid dienone is 1. The summed E-state index contributed by atoms with van der Waals surface area (Å²) in [6.45, 7) is 10.6. The molecule has 1 aliphatic carbocycles. The van der Waals surface area contributed by atoms with Crippen molar-refractivity contribution >= 4 is 0 Å². The van der Waals surface area contributed by atoms with Gasteiger partial charge in [-0.15, -0.1) is 6.58 Å². The van der Waals surface area contributed by atoms with Crippen molar-refractivity contribution in [3.8, 4) is 5.75 Å². The molecule has 1 fully saturated rings. The molecule has 0 aromatic heterocycles. The zero-order chi connectivity index (χ0) is 11.5. The van der Waals surface area contributed by atoms with Gasteiger partial charge in [0.2, 0.25) is 0 Å². The summed E-state index contributed by atoms with van der Waals surface area (Å²) in [4.78, 5) is 0. The first-order valence-corrected chi connectivity index (χ1v) is 5.98. The van der Waals surface area contributed by atoms with E-state index in [-0.39, 0.29) is 5.92 Å². The third kappa shape index (κ3) is 2.46. The Labute approximate surface area is 98.1 Å². The van der Waals surface area contributed by atoms with Gasteiger partial charge in [0.25, 0.3) is 0 Å². The Kier molecular flexibility index (Phi) is 3.33. The van der Waals surface area contributed by atoms with Gasteiger partial charge in [-0.25, -0.2) is 0 Å². The SMILES string of the molecule is [CH2]C(C=C)c1cc(OCC)cc(C2CC2)c1. The van der Waals surface area contributed by atoms with Crippen molar-refractivity contribution in [1.29, 1.82) is 0 Å². The minimum Gasteiger partial charge on any atom is -0.494 e. The number of ether oxygens (including phenoxy) is 1. The summed E-state index contributed by atoms with van der Waals surface area (Å²) in [6, 6.07) is 6.49. The van der Waals surface area contributed by atoms with Gasteiger partial charge in [0.05, 0.1) is 6.61 Å². The molecule has 2 rings (SSSR count). The molecule has 1 heteroatoms. The first-order valence-electron chi connectivity index (χ1n) is 5.98. The van der Waals surface area contributed by atoms with Crippen molar-refractivity contribution in [3.63, 3.8) is 0 Å². The molecule has 85 valence electrons. The van der Waals surface area contributed by atoms with E-state index < -0.39 is 0 Å². The molecule has 0 aliphatic heterocycles. The van der Waals surface area contributed by atoms with Crippen molar-refractivity contribution in [2.24, 2.45) is 0 Å². The van der Waals surface area contributed by atoms with E-state index in [1.54, 1.807) is 0 Å². The number of hydrogen-bond donors (Lipinski definition) is 0. The van der Waals surface area contributed by atoms with E-state index in [2.05, 4.69) is 31.7 Å². The van der Waals surface area contributed by atoms with E-state index in [1.807, 2.05) is 13.0 Å². The molecule has 0 saturated heterocycles. The van der Waals surface area contributed by atoms with Crippen LogP contribution in [0.2, 0.25) is 0 Å². The van der Waals surface area contributed by atoms with Crippen LogP contribution in [0.3, 0.4) is 0 Å². The molecular formula is C15H19O. The molecule has 1 aliphatic rings. The molecule has 0 bridgehead atoms. The Morgan fingerprint density at radius 2 is 2.19 bits per heavy atom. The molecule has 1 atom stereocenters. The van der Waals surface area contributed by atoms with Crippen molar-refractivity contribution in [2.45, 2.75) is 31.6 Å². The van der Waals surface area contributed by atoms with Gasteiger partial charge in [0, 0.05) is 5.92 Å². The lowest BCUT2D eigenvalue weighted by molar-refractivity contribution is 0.339. The standard InChI is InChI=1S/C15H19O/c1-4-11(3)13-8-14(12-6-7-12)10-15(9-13)16-5-2/h4,8-12H,1,3,5-7H2,2H3. The van der Waals surface area contributed by atoms with Gasteiger partial charge in [-0.1, -0.05) is 12.1 Å². The summed E-state index contributed by atoms with van der Waals surface area (Å²) in [7, 11) is 0. The van der Waals surface area contributed by atoms with Crippen LogP contribution in [0.25, 0.3) is 0 Å². The van der Waals surface area contributed by atoms with Crippen LogP contribution in [0.15, 0.2) is 30.9 Å². The molecule has 1 aromatic rings. The molecular weight excluding hydrogens is 196 g/mol. The fourth-order valence-electron chi connectivity index (χ4n) is 1.90. The van der Waals surface area contributed by atoms with Crippen molar-refractivity contribution in [2.75, 3.05) is 6.61 Å². The molecule has 0 N–H and O–H groups in total. The highest BCUT2D eigenvalue weighted by Crippen LogP contribution is 2.42. The second-order valence-electron chi connectivity index (χ2n) is 4.38. The molecule has 1 aromatic carbocycles. The minimum absolute atomic E-state index is 0.151. The highest BCUT2D eigenvalue weighted by atomic mass is 16.5. The van der Waals surface area contributed by atoms with Crippen LogP contribution in [0.5, 0.6) is 5.75 Å². The number of rotatable bonds is 5. The largest absolute Gasteiger partial charge is 0.494 e. The monoisotopic (exact) mass is 215 g/mol. The Morgan fingerprint density at radius 3 is 2.75 bits per heavy atom. The third-order valence-electron chi connectivity index (χ3n) is 3.02. The van der Waals surface area contributed by atoms with Gasteiger partial charge in [-0.2, -0.15) is 0 Å². The van der Waals surface area contributed by atoms with Gasteiger partial charge in [0.1, 0.15) is 5.75 Å². The molecule has 1 saturated carbocycles. The highest BCUT2D eigenvalue weighted by molar-refractivity contribution is 5.40. The molecule has 0 heterocycles. The molecule has 16 heavy (non-hydrogen) atoms. The Morgan fingerprint density at radius 1 is 1.44 bits per heavy atom. The molecule has 0 spiro atoms.